The maximum absolute atomic E-state index is 11.8. The lowest BCUT2D eigenvalue weighted by molar-refractivity contribution is -0.133. The van der Waals surface area contributed by atoms with E-state index in [9.17, 15) is 13.2 Å². The third-order valence-electron chi connectivity index (χ3n) is 2.23. The molecule has 1 N–H and O–H groups in total. The third-order valence-corrected chi connectivity index (χ3v) is 2.23. The predicted molar refractivity (Wildman–Crippen MR) is 44.6 cm³/mol. The molecule has 0 aromatic rings. The Bertz CT molecular complexity index is 158. The molecule has 1 atom stereocenters. The molecule has 1 heterocycles. The van der Waals surface area contributed by atoms with Gasteiger partial charge in [-0.05, 0) is 20.0 Å². The lowest BCUT2D eigenvalue weighted by Crippen LogP contribution is -2.33. The summed E-state index contributed by atoms with van der Waals surface area (Å²) in [5.41, 5.74) is 0. The SMILES string of the molecule is CN1CCC(NCCC(F)(F)F)C1. The molecule has 5 heteroatoms. The summed E-state index contributed by atoms with van der Waals surface area (Å²) < 4.78 is 35.3. The summed E-state index contributed by atoms with van der Waals surface area (Å²) >= 11 is 0. The van der Waals surface area contributed by atoms with E-state index in [0.29, 0.717) is 0 Å². The van der Waals surface area contributed by atoms with Crippen molar-refractivity contribution in [1.82, 2.24) is 10.2 Å². The quantitative estimate of drug-likeness (QED) is 0.730. The molecule has 1 rings (SSSR count). The van der Waals surface area contributed by atoms with Gasteiger partial charge in [-0.1, -0.05) is 0 Å². The fraction of sp³-hybridized carbons (Fsp3) is 1.00. The average Bonchev–Trinajstić information content (AvgIpc) is 2.33. The van der Waals surface area contributed by atoms with Gasteiger partial charge in [0.15, 0.2) is 0 Å². The van der Waals surface area contributed by atoms with Crippen molar-refractivity contribution >= 4 is 0 Å². The van der Waals surface area contributed by atoms with Crippen LogP contribution in [0.2, 0.25) is 0 Å². The van der Waals surface area contributed by atoms with E-state index in [1.54, 1.807) is 0 Å². The molecule has 0 bridgehead atoms. The Kier molecular flexibility index (Phi) is 3.55. The van der Waals surface area contributed by atoms with Crippen LogP contribution in [-0.2, 0) is 0 Å². The van der Waals surface area contributed by atoms with Crippen molar-refractivity contribution in [2.75, 3.05) is 26.7 Å². The largest absolute Gasteiger partial charge is 0.390 e. The van der Waals surface area contributed by atoms with Crippen LogP contribution in [0.15, 0.2) is 0 Å². The van der Waals surface area contributed by atoms with Gasteiger partial charge in [0.2, 0.25) is 0 Å². The molecule has 0 aromatic carbocycles. The Morgan fingerprint density at radius 2 is 2.15 bits per heavy atom. The Hall–Kier alpha value is -0.290. The van der Waals surface area contributed by atoms with Crippen molar-refractivity contribution in [2.24, 2.45) is 0 Å². The summed E-state index contributed by atoms with van der Waals surface area (Å²) in [6, 6.07) is 0.243. The molecule has 78 valence electrons. The number of likely N-dealkylation sites (tertiary alicyclic amines) is 1. The van der Waals surface area contributed by atoms with E-state index in [0.717, 1.165) is 19.5 Å². The number of nitrogens with one attached hydrogen (secondary N) is 1. The topological polar surface area (TPSA) is 15.3 Å². The highest BCUT2D eigenvalue weighted by Crippen LogP contribution is 2.18. The Morgan fingerprint density at radius 3 is 2.62 bits per heavy atom. The predicted octanol–water partition coefficient (Wildman–Crippen LogP) is 1.23. The van der Waals surface area contributed by atoms with Crippen LogP contribution < -0.4 is 5.32 Å². The first-order valence-corrected chi connectivity index (χ1v) is 4.46. The van der Waals surface area contributed by atoms with Crippen molar-refractivity contribution in [3.63, 3.8) is 0 Å². The molecule has 0 amide bonds. The smallest absolute Gasteiger partial charge is 0.312 e. The Morgan fingerprint density at radius 1 is 1.46 bits per heavy atom. The molecular weight excluding hydrogens is 181 g/mol. The van der Waals surface area contributed by atoms with E-state index in [2.05, 4.69) is 10.2 Å². The fourth-order valence-corrected chi connectivity index (χ4v) is 1.52. The van der Waals surface area contributed by atoms with Crippen LogP contribution in [0.5, 0.6) is 0 Å². The maximum Gasteiger partial charge on any atom is 0.390 e. The zero-order chi connectivity index (χ0) is 9.90. The van der Waals surface area contributed by atoms with Crippen LogP contribution in [0.25, 0.3) is 0 Å². The number of likely N-dealkylation sites (N-methyl/N-ethyl adjacent to an activating group) is 1. The average molecular weight is 196 g/mol. The van der Waals surface area contributed by atoms with Crippen LogP contribution in [0.4, 0.5) is 13.2 Å². The number of alkyl halides is 3. The molecule has 0 spiro atoms. The molecule has 13 heavy (non-hydrogen) atoms. The number of hydrogen-bond donors (Lipinski definition) is 1. The molecule has 2 nitrogen and oxygen atoms in total. The molecule has 1 aliphatic rings. The van der Waals surface area contributed by atoms with Gasteiger partial charge < -0.3 is 10.2 Å². The van der Waals surface area contributed by atoms with Crippen molar-refractivity contribution in [3.8, 4) is 0 Å². The highest BCUT2D eigenvalue weighted by atomic mass is 19.4. The van der Waals surface area contributed by atoms with Gasteiger partial charge >= 0.3 is 6.18 Å². The van der Waals surface area contributed by atoms with Gasteiger partial charge in [0.25, 0.3) is 0 Å². The molecule has 1 saturated heterocycles. The second-order valence-electron chi connectivity index (χ2n) is 3.57. The van der Waals surface area contributed by atoms with E-state index in [1.165, 1.54) is 0 Å². The standard InChI is InChI=1S/C8H15F3N2/c1-13-5-2-7(6-13)12-4-3-8(9,10)11/h7,12H,2-6H2,1H3. The zero-order valence-corrected chi connectivity index (χ0v) is 7.69. The summed E-state index contributed by atoms with van der Waals surface area (Å²) in [4.78, 5) is 2.12. The van der Waals surface area contributed by atoms with Crippen molar-refractivity contribution in [3.05, 3.63) is 0 Å². The fourth-order valence-electron chi connectivity index (χ4n) is 1.52. The number of hydrogen-bond acceptors (Lipinski definition) is 2. The molecule has 0 aliphatic carbocycles. The summed E-state index contributed by atoms with van der Waals surface area (Å²) in [6.45, 7) is 1.88. The van der Waals surface area contributed by atoms with Gasteiger partial charge in [-0.2, -0.15) is 13.2 Å². The Labute approximate surface area is 76.1 Å². The van der Waals surface area contributed by atoms with Gasteiger partial charge in [-0.25, -0.2) is 0 Å². The normalized spacial score (nSPS) is 25.4. The van der Waals surface area contributed by atoms with Gasteiger partial charge in [0, 0.05) is 19.1 Å². The highest BCUT2D eigenvalue weighted by Gasteiger charge is 2.27. The minimum Gasteiger partial charge on any atom is -0.312 e. The molecule has 1 unspecified atom stereocenters. The number of rotatable bonds is 3. The van der Waals surface area contributed by atoms with E-state index < -0.39 is 12.6 Å². The van der Waals surface area contributed by atoms with Gasteiger partial charge in [-0.15, -0.1) is 0 Å². The highest BCUT2D eigenvalue weighted by molar-refractivity contribution is 4.78. The summed E-state index contributed by atoms with van der Waals surface area (Å²) in [6.07, 6.45) is -3.81. The van der Waals surface area contributed by atoms with E-state index in [-0.39, 0.29) is 12.6 Å². The first-order chi connectivity index (χ1) is 5.97. The number of nitrogens with zero attached hydrogens (tertiary/aromatic N) is 1. The molecule has 1 aliphatic heterocycles. The van der Waals surface area contributed by atoms with Crippen LogP contribution >= 0.6 is 0 Å². The van der Waals surface area contributed by atoms with E-state index in [1.807, 2.05) is 7.05 Å². The molecular formula is C8H15F3N2. The third kappa shape index (κ3) is 4.47. The monoisotopic (exact) mass is 196 g/mol. The molecule has 0 radical (unpaired) electrons. The molecule has 1 fully saturated rings. The lowest BCUT2D eigenvalue weighted by Gasteiger charge is -2.13. The summed E-state index contributed by atoms with van der Waals surface area (Å²) in [7, 11) is 1.98. The van der Waals surface area contributed by atoms with Gasteiger partial charge in [0.05, 0.1) is 6.42 Å². The lowest BCUT2D eigenvalue weighted by atomic mass is 10.2. The van der Waals surface area contributed by atoms with Crippen molar-refractivity contribution in [2.45, 2.75) is 25.1 Å². The van der Waals surface area contributed by atoms with E-state index in [4.69, 9.17) is 0 Å². The first-order valence-electron chi connectivity index (χ1n) is 4.46. The van der Waals surface area contributed by atoms with Crippen LogP contribution in [0.1, 0.15) is 12.8 Å². The van der Waals surface area contributed by atoms with Crippen molar-refractivity contribution in [1.29, 1.82) is 0 Å². The van der Waals surface area contributed by atoms with Crippen LogP contribution in [0.3, 0.4) is 0 Å². The first kappa shape index (κ1) is 10.8. The minimum atomic E-state index is -4.03. The van der Waals surface area contributed by atoms with Crippen LogP contribution in [-0.4, -0.2) is 43.8 Å². The Balaban J connectivity index is 2.07. The molecule has 0 aromatic heterocycles. The van der Waals surface area contributed by atoms with Crippen molar-refractivity contribution < 1.29 is 13.2 Å². The van der Waals surface area contributed by atoms with Gasteiger partial charge in [0.1, 0.15) is 0 Å². The van der Waals surface area contributed by atoms with E-state index >= 15 is 0 Å². The summed E-state index contributed by atoms with van der Waals surface area (Å²) in [5, 5.41) is 2.91. The minimum absolute atomic E-state index is 0.0437. The number of halogens is 3. The van der Waals surface area contributed by atoms with Crippen LogP contribution in [0, 0.1) is 0 Å². The summed E-state index contributed by atoms with van der Waals surface area (Å²) in [5.74, 6) is 0. The van der Waals surface area contributed by atoms with Gasteiger partial charge in [-0.3, -0.25) is 0 Å². The maximum atomic E-state index is 11.8. The molecule has 0 saturated carbocycles. The zero-order valence-electron chi connectivity index (χ0n) is 7.69. The second-order valence-corrected chi connectivity index (χ2v) is 3.57. The second kappa shape index (κ2) is 4.28.